The Balaban J connectivity index is 2.96. The van der Waals surface area contributed by atoms with Gasteiger partial charge in [0.25, 0.3) is 0 Å². The molecule has 0 radical (unpaired) electrons. The van der Waals surface area contributed by atoms with Crippen molar-refractivity contribution < 1.29 is 8.42 Å². The highest BCUT2D eigenvalue weighted by Crippen LogP contribution is 2.31. The zero-order valence-corrected chi connectivity index (χ0v) is 16.5. The zero-order chi connectivity index (χ0) is 15.4. The fourth-order valence-corrected chi connectivity index (χ4v) is 5.61. The molecule has 0 heterocycles. The van der Waals surface area contributed by atoms with Crippen molar-refractivity contribution in [2.75, 3.05) is 12.8 Å². The lowest BCUT2D eigenvalue weighted by Gasteiger charge is -2.29. The summed E-state index contributed by atoms with van der Waals surface area (Å²) >= 11 is 8.33. The van der Waals surface area contributed by atoms with Crippen LogP contribution in [0.3, 0.4) is 0 Å². The molecule has 0 atom stereocenters. The molecule has 1 aromatic carbocycles. The van der Waals surface area contributed by atoms with Gasteiger partial charge in [0.2, 0.25) is 10.0 Å². The maximum atomic E-state index is 12.4. The van der Waals surface area contributed by atoms with Crippen LogP contribution < -0.4 is 4.72 Å². The summed E-state index contributed by atoms with van der Waals surface area (Å²) in [4.78, 5) is 0.267. The van der Waals surface area contributed by atoms with E-state index in [1.54, 1.807) is 30.0 Å². The number of hydrogen-bond donors (Lipinski definition) is 1. The summed E-state index contributed by atoms with van der Waals surface area (Å²) in [7, 11) is -3.50. The second-order valence-corrected chi connectivity index (χ2v) is 9.27. The Morgan fingerprint density at radius 2 is 1.85 bits per heavy atom. The van der Waals surface area contributed by atoms with Crippen molar-refractivity contribution in [3.05, 3.63) is 27.1 Å². The maximum absolute atomic E-state index is 12.4. The lowest BCUT2D eigenvalue weighted by molar-refractivity contribution is 0.522. The first-order chi connectivity index (χ1) is 9.30. The van der Waals surface area contributed by atoms with Gasteiger partial charge >= 0.3 is 0 Å². The molecule has 7 heteroatoms. The second-order valence-electron chi connectivity index (χ2n) is 4.49. The molecule has 3 nitrogen and oxygen atoms in total. The fraction of sp³-hybridized carbons (Fsp3) is 0.538. The third-order valence-electron chi connectivity index (χ3n) is 3.49. The summed E-state index contributed by atoms with van der Waals surface area (Å²) in [5, 5.41) is 0. The topological polar surface area (TPSA) is 46.2 Å². The average Bonchev–Trinajstić information content (AvgIpc) is 2.40. The first-order valence-electron chi connectivity index (χ1n) is 6.30. The van der Waals surface area contributed by atoms with Gasteiger partial charge in [-0.3, -0.25) is 0 Å². The van der Waals surface area contributed by atoms with Crippen molar-refractivity contribution in [1.82, 2.24) is 4.72 Å². The SMILES string of the molecule is CCC(CC)(CNS(=O)(=O)c1ccc(Br)cc1Br)SC. The Morgan fingerprint density at radius 1 is 1.25 bits per heavy atom. The van der Waals surface area contributed by atoms with Crippen LogP contribution in [0.25, 0.3) is 0 Å². The highest BCUT2D eigenvalue weighted by molar-refractivity contribution is 9.11. The lowest BCUT2D eigenvalue weighted by Crippen LogP contribution is -2.39. The van der Waals surface area contributed by atoms with E-state index in [4.69, 9.17) is 0 Å². The van der Waals surface area contributed by atoms with Crippen molar-refractivity contribution >= 4 is 53.6 Å². The minimum Gasteiger partial charge on any atom is -0.210 e. The van der Waals surface area contributed by atoms with Crippen LogP contribution in [-0.2, 0) is 10.0 Å². The van der Waals surface area contributed by atoms with Crippen LogP contribution in [0.4, 0.5) is 0 Å². The summed E-state index contributed by atoms with van der Waals surface area (Å²) in [5.41, 5.74) is 0. The maximum Gasteiger partial charge on any atom is 0.241 e. The molecule has 1 N–H and O–H groups in total. The normalized spacial score (nSPS) is 12.7. The molecule has 0 aliphatic heterocycles. The molecule has 1 rings (SSSR count). The van der Waals surface area contributed by atoms with Gasteiger partial charge < -0.3 is 0 Å². The third kappa shape index (κ3) is 4.47. The molecule has 0 spiro atoms. The first-order valence-corrected chi connectivity index (χ1v) is 10.6. The van der Waals surface area contributed by atoms with Gasteiger partial charge in [-0.15, -0.1) is 0 Å². The molecule has 0 unspecified atom stereocenters. The van der Waals surface area contributed by atoms with E-state index >= 15 is 0 Å². The molecule has 114 valence electrons. The monoisotopic (exact) mass is 443 g/mol. The van der Waals surface area contributed by atoms with E-state index < -0.39 is 10.0 Å². The third-order valence-corrected chi connectivity index (χ3v) is 7.95. The molecule has 0 bridgehead atoms. The van der Waals surface area contributed by atoms with Crippen LogP contribution in [0.5, 0.6) is 0 Å². The Kier molecular flexibility index (Phi) is 7.05. The fourth-order valence-electron chi connectivity index (χ4n) is 1.86. The Hall–Kier alpha value is 0.440. The summed E-state index contributed by atoms with van der Waals surface area (Å²) in [6, 6.07) is 5.05. The molecule has 0 aromatic heterocycles. The van der Waals surface area contributed by atoms with E-state index in [0.717, 1.165) is 17.3 Å². The number of rotatable bonds is 7. The molecule has 0 saturated carbocycles. The molecule has 0 saturated heterocycles. The van der Waals surface area contributed by atoms with Gasteiger partial charge in [-0.1, -0.05) is 29.8 Å². The molecule has 0 aliphatic carbocycles. The van der Waals surface area contributed by atoms with E-state index in [1.807, 2.05) is 6.26 Å². The van der Waals surface area contributed by atoms with Crippen LogP contribution in [0.15, 0.2) is 32.0 Å². The highest BCUT2D eigenvalue weighted by atomic mass is 79.9. The molecule has 0 amide bonds. The van der Waals surface area contributed by atoms with Gasteiger partial charge in [0.05, 0.1) is 4.90 Å². The van der Waals surface area contributed by atoms with Gasteiger partial charge in [-0.25, -0.2) is 13.1 Å². The summed E-state index contributed by atoms with van der Waals surface area (Å²) in [5.74, 6) is 0. The van der Waals surface area contributed by atoms with Gasteiger partial charge in [0, 0.05) is 20.2 Å². The van der Waals surface area contributed by atoms with Crippen LogP contribution >= 0.6 is 43.6 Å². The van der Waals surface area contributed by atoms with Crippen LogP contribution in [0, 0.1) is 0 Å². The highest BCUT2D eigenvalue weighted by Gasteiger charge is 2.28. The van der Waals surface area contributed by atoms with Crippen molar-refractivity contribution in [1.29, 1.82) is 0 Å². The number of hydrogen-bond acceptors (Lipinski definition) is 3. The molecule has 0 aliphatic rings. The van der Waals surface area contributed by atoms with Crippen LogP contribution in [0.1, 0.15) is 26.7 Å². The molecule has 1 aromatic rings. The van der Waals surface area contributed by atoms with E-state index in [1.165, 1.54) is 0 Å². The Labute approximate surface area is 142 Å². The van der Waals surface area contributed by atoms with Gasteiger partial charge in [-0.05, 0) is 53.2 Å². The number of thioether (sulfide) groups is 1. The summed E-state index contributed by atoms with van der Waals surface area (Å²) in [6.07, 6.45) is 3.88. The summed E-state index contributed by atoms with van der Waals surface area (Å²) in [6.45, 7) is 4.61. The minimum atomic E-state index is -3.50. The van der Waals surface area contributed by atoms with Crippen molar-refractivity contribution in [3.8, 4) is 0 Å². The number of benzene rings is 1. The predicted molar refractivity (Wildman–Crippen MR) is 93.9 cm³/mol. The Morgan fingerprint density at radius 3 is 2.30 bits per heavy atom. The van der Waals surface area contributed by atoms with Crippen LogP contribution in [0.2, 0.25) is 0 Å². The van der Waals surface area contributed by atoms with Gasteiger partial charge in [0.15, 0.2) is 0 Å². The van der Waals surface area contributed by atoms with Gasteiger partial charge in [-0.2, -0.15) is 11.8 Å². The van der Waals surface area contributed by atoms with Crippen molar-refractivity contribution in [2.24, 2.45) is 0 Å². The standard InChI is InChI=1S/C13H19Br2NO2S2/c1-4-13(5-2,19-3)9-16-20(17,18)12-7-6-10(14)8-11(12)15/h6-8,16H,4-5,9H2,1-3H3. The Bertz CT molecular complexity index is 549. The zero-order valence-electron chi connectivity index (χ0n) is 11.7. The quantitative estimate of drug-likeness (QED) is 0.677. The van der Waals surface area contributed by atoms with E-state index in [9.17, 15) is 8.42 Å². The average molecular weight is 445 g/mol. The van der Waals surface area contributed by atoms with E-state index in [2.05, 4.69) is 50.4 Å². The van der Waals surface area contributed by atoms with E-state index in [0.29, 0.717) is 11.0 Å². The summed E-state index contributed by atoms with van der Waals surface area (Å²) < 4.78 is 28.9. The number of sulfonamides is 1. The molecular formula is C13H19Br2NO2S2. The first kappa shape index (κ1) is 18.5. The van der Waals surface area contributed by atoms with E-state index in [-0.39, 0.29) is 9.64 Å². The number of halogens is 2. The van der Waals surface area contributed by atoms with Crippen molar-refractivity contribution in [2.45, 2.75) is 36.3 Å². The van der Waals surface area contributed by atoms with Crippen molar-refractivity contribution in [3.63, 3.8) is 0 Å². The minimum absolute atomic E-state index is 0.0467. The van der Waals surface area contributed by atoms with Crippen LogP contribution in [-0.4, -0.2) is 26.0 Å². The largest absolute Gasteiger partial charge is 0.241 e. The number of nitrogens with one attached hydrogen (secondary N) is 1. The molecular weight excluding hydrogens is 426 g/mol. The van der Waals surface area contributed by atoms with Gasteiger partial charge in [0.1, 0.15) is 0 Å². The molecule has 0 fully saturated rings. The molecule has 20 heavy (non-hydrogen) atoms. The smallest absolute Gasteiger partial charge is 0.210 e. The lowest BCUT2D eigenvalue weighted by atomic mass is 10.0. The second kappa shape index (κ2) is 7.63. The predicted octanol–water partition coefficient (Wildman–Crippen LogP) is 4.41.